The van der Waals surface area contributed by atoms with Gasteiger partial charge in [0.15, 0.2) is 0 Å². The molecule has 1 unspecified atom stereocenters. The fourth-order valence-corrected chi connectivity index (χ4v) is 2.38. The molecule has 0 aliphatic carbocycles. The van der Waals surface area contributed by atoms with Gasteiger partial charge in [-0.1, -0.05) is 26.7 Å². The molecule has 1 heterocycles. The molecule has 1 aliphatic heterocycles. The third-order valence-electron chi connectivity index (χ3n) is 3.76. The van der Waals surface area contributed by atoms with Gasteiger partial charge in [0, 0.05) is 31.7 Å². The van der Waals surface area contributed by atoms with Crippen molar-refractivity contribution in [3.63, 3.8) is 0 Å². The minimum absolute atomic E-state index is 0.0776. The van der Waals surface area contributed by atoms with E-state index in [9.17, 15) is 4.79 Å². The summed E-state index contributed by atoms with van der Waals surface area (Å²) in [6, 6.07) is 0.0776. The minimum atomic E-state index is 0.0776. The van der Waals surface area contributed by atoms with Crippen LogP contribution in [0.2, 0.25) is 0 Å². The van der Waals surface area contributed by atoms with Gasteiger partial charge in [-0.25, -0.2) is 0 Å². The maximum Gasteiger partial charge on any atom is 0.223 e. The van der Waals surface area contributed by atoms with Gasteiger partial charge in [0.1, 0.15) is 0 Å². The van der Waals surface area contributed by atoms with Crippen molar-refractivity contribution in [1.29, 1.82) is 0 Å². The maximum absolute atomic E-state index is 11.9. The predicted octanol–water partition coefficient (Wildman–Crippen LogP) is 1.29. The molecule has 1 atom stereocenters. The highest BCUT2D eigenvalue weighted by Crippen LogP contribution is 2.15. The summed E-state index contributed by atoms with van der Waals surface area (Å²) in [6.45, 7) is 6.30. The van der Waals surface area contributed by atoms with Crippen LogP contribution in [0.1, 0.15) is 39.5 Å². The van der Waals surface area contributed by atoms with Crippen LogP contribution in [0.25, 0.3) is 0 Å². The van der Waals surface area contributed by atoms with Gasteiger partial charge in [0.05, 0.1) is 0 Å². The van der Waals surface area contributed by atoms with Gasteiger partial charge in [0.25, 0.3) is 0 Å². The number of nitrogens with two attached hydrogens (primary N) is 1. The molecule has 1 saturated heterocycles. The smallest absolute Gasteiger partial charge is 0.223 e. The summed E-state index contributed by atoms with van der Waals surface area (Å²) in [4.78, 5) is 11.9. The lowest BCUT2D eigenvalue weighted by molar-refractivity contribution is -0.127. The number of hydrogen-bond donors (Lipinski definition) is 2. The van der Waals surface area contributed by atoms with E-state index >= 15 is 0 Å². The van der Waals surface area contributed by atoms with Crippen molar-refractivity contribution in [3.05, 3.63) is 0 Å². The Morgan fingerprint density at radius 1 is 1.35 bits per heavy atom. The predicted molar refractivity (Wildman–Crippen MR) is 68.6 cm³/mol. The van der Waals surface area contributed by atoms with Gasteiger partial charge < -0.3 is 15.8 Å². The Morgan fingerprint density at radius 3 is 2.47 bits per heavy atom. The zero-order valence-electron chi connectivity index (χ0n) is 11.1. The summed E-state index contributed by atoms with van der Waals surface area (Å²) in [5.41, 5.74) is 6.08. The molecule has 0 aromatic rings. The second-order valence-corrected chi connectivity index (χ2v) is 4.87. The summed E-state index contributed by atoms with van der Waals surface area (Å²) >= 11 is 0. The van der Waals surface area contributed by atoms with Crippen LogP contribution in [0.4, 0.5) is 0 Å². The highest BCUT2D eigenvalue weighted by molar-refractivity contribution is 5.78. The molecule has 0 bridgehead atoms. The Kier molecular flexibility index (Phi) is 6.52. The zero-order valence-corrected chi connectivity index (χ0v) is 11.1. The molecule has 0 aromatic carbocycles. The number of hydrogen-bond acceptors (Lipinski definition) is 3. The van der Waals surface area contributed by atoms with Gasteiger partial charge >= 0.3 is 0 Å². The monoisotopic (exact) mass is 242 g/mol. The molecule has 1 aliphatic rings. The third kappa shape index (κ3) is 4.64. The van der Waals surface area contributed by atoms with E-state index in [2.05, 4.69) is 19.2 Å². The lowest BCUT2D eigenvalue weighted by Crippen LogP contribution is -2.44. The topological polar surface area (TPSA) is 64.3 Å². The normalized spacial score (nSPS) is 19.3. The van der Waals surface area contributed by atoms with Crippen LogP contribution in [0.5, 0.6) is 0 Å². The van der Waals surface area contributed by atoms with Crippen molar-refractivity contribution in [2.24, 2.45) is 17.6 Å². The molecule has 0 spiro atoms. The maximum atomic E-state index is 11.9. The van der Waals surface area contributed by atoms with E-state index in [0.29, 0.717) is 25.7 Å². The van der Waals surface area contributed by atoms with Crippen LogP contribution in [0.3, 0.4) is 0 Å². The Morgan fingerprint density at radius 2 is 1.94 bits per heavy atom. The molecule has 1 rings (SSSR count). The molecular formula is C13H26N2O2. The third-order valence-corrected chi connectivity index (χ3v) is 3.76. The SMILES string of the molecule is CCC(CC)C(N)CNC(=O)C1CCOCC1. The van der Waals surface area contributed by atoms with Crippen molar-refractivity contribution >= 4 is 5.91 Å². The molecule has 0 aromatic heterocycles. The molecule has 17 heavy (non-hydrogen) atoms. The molecule has 4 nitrogen and oxygen atoms in total. The molecule has 0 saturated carbocycles. The van der Waals surface area contributed by atoms with Crippen LogP contribution < -0.4 is 11.1 Å². The summed E-state index contributed by atoms with van der Waals surface area (Å²) in [5, 5.41) is 2.98. The number of ether oxygens (including phenoxy) is 1. The van der Waals surface area contributed by atoms with Crippen LogP contribution in [-0.2, 0) is 9.53 Å². The van der Waals surface area contributed by atoms with Gasteiger partial charge in [-0.15, -0.1) is 0 Å². The van der Waals surface area contributed by atoms with E-state index in [1.54, 1.807) is 0 Å². The van der Waals surface area contributed by atoms with Gasteiger partial charge in [-0.2, -0.15) is 0 Å². The first-order valence-corrected chi connectivity index (χ1v) is 6.80. The molecule has 3 N–H and O–H groups in total. The molecule has 1 amide bonds. The zero-order chi connectivity index (χ0) is 12.7. The molecule has 4 heteroatoms. The van der Waals surface area contributed by atoms with Crippen LogP contribution in [-0.4, -0.2) is 31.7 Å². The number of amides is 1. The second-order valence-electron chi connectivity index (χ2n) is 4.87. The Labute approximate surface area is 104 Å². The van der Waals surface area contributed by atoms with Crippen LogP contribution >= 0.6 is 0 Å². The van der Waals surface area contributed by atoms with E-state index in [1.807, 2.05) is 0 Å². The van der Waals surface area contributed by atoms with Gasteiger partial charge in [0.2, 0.25) is 5.91 Å². The van der Waals surface area contributed by atoms with E-state index < -0.39 is 0 Å². The largest absolute Gasteiger partial charge is 0.381 e. The van der Waals surface area contributed by atoms with Crippen LogP contribution in [0, 0.1) is 11.8 Å². The quantitative estimate of drug-likeness (QED) is 0.737. The average Bonchev–Trinajstić information content (AvgIpc) is 2.38. The molecular weight excluding hydrogens is 216 g/mol. The minimum Gasteiger partial charge on any atom is -0.381 e. The Balaban J connectivity index is 2.26. The van der Waals surface area contributed by atoms with E-state index in [0.717, 1.165) is 25.7 Å². The van der Waals surface area contributed by atoms with Crippen molar-refractivity contribution in [2.45, 2.75) is 45.6 Å². The number of nitrogens with one attached hydrogen (secondary N) is 1. The Hall–Kier alpha value is -0.610. The first kappa shape index (κ1) is 14.5. The lowest BCUT2D eigenvalue weighted by atomic mass is 9.94. The van der Waals surface area contributed by atoms with E-state index in [4.69, 9.17) is 10.5 Å². The van der Waals surface area contributed by atoms with E-state index in [-0.39, 0.29) is 17.9 Å². The van der Waals surface area contributed by atoms with Crippen molar-refractivity contribution in [3.8, 4) is 0 Å². The average molecular weight is 242 g/mol. The fourth-order valence-electron chi connectivity index (χ4n) is 2.38. The number of carbonyl (C=O) groups is 1. The van der Waals surface area contributed by atoms with Gasteiger partial charge in [-0.05, 0) is 18.8 Å². The summed E-state index contributed by atoms with van der Waals surface area (Å²) < 4.78 is 5.24. The number of carbonyl (C=O) groups excluding carboxylic acids is 1. The fraction of sp³-hybridized carbons (Fsp3) is 0.923. The van der Waals surface area contributed by atoms with Crippen LogP contribution in [0.15, 0.2) is 0 Å². The molecule has 0 radical (unpaired) electrons. The lowest BCUT2D eigenvalue weighted by Gasteiger charge is -2.24. The van der Waals surface area contributed by atoms with Crippen molar-refractivity contribution in [1.82, 2.24) is 5.32 Å². The molecule has 1 fully saturated rings. The standard InChI is InChI=1S/C13H26N2O2/c1-3-10(4-2)12(14)9-15-13(16)11-5-7-17-8-6-11/h10-12H,3-9,14H2,1-2H3,(H,15,16). The highest BCUT2D eigenvalue weighted by atomic mass is 16.5. The molecule has 100 valence electrons. The van der Waals surface area contributed by atoms with E-state index in [1.165, 1.54) is 0 Å². The highest BCUT2D eigenvalue weighted by Gasteiger charge is 2.22. The summed E-state index contributed by atoms with van der Waals surface area (Å²) in [5.74, 6) is 0.775. The Bertz CT molecular complexity index is 223. The summed E-state index contributed by atoms with van der Waals surface area (Å²) in [7, 11) is 0. The van der Waals surface area contributed by atoms with Crippen molar-refractivity contribution < 1.29 is 9.53 Å². The van der Waals surface area contributed by atoms with Gasteiger partial charge in [-0.3, -0.25) is 4.79 Å². The number of rotatable bonds is 6. The first-order chi connectivity index (χ1) is 8.19. The summed E-state index contributed by atoms with van der Waals surface area (Å²) in [6.07, 6.45) is 3.83. The second kappa shape index (κ2) is 7.67. The first-order valence-electron chi connectivity index (χ1n) is 6.80. The van der Waals surface area contributed by atoms with Crippen molar-refractivity contribution in [2.75, 3.05) is 19.8 Å².